The summed E-state index contributed by atoms with van der Waals surface area (Å²) in [5, 5.41) is 13.2. The van der Waals surface area contributed by atoms with Gasteiger partial charge in [0.1, 0.15) is 5.01 Å². The number of halogens is 3. The van der Waals surface area contributed by atoms with Crippen LogP contribution in [0.1, 0.15) is 46.1 Å². The minimum Gasteiger partial charge on any atom is -0.347 e. The van der Waals surface area contributed by atoms with Crippen LogP contribution in [0.15, 0.2) is 30.6 Å². The molecule has 0 radical (unpaired) electrons. The van der Waals surface area contributed by atoms with E-state index in [1.807, 2.05) is 18.9 Å². The van der Waals surface area contributed by atoms with Gasteiger partial charge >= 0.3 is 6.18 Å². The average molecular weight is 481 g/mol. The van der Waals surface area contributed by atoms with Crippen LogP contribution in [0.5, 0.6) is 0 Å². The second kappa shape index (κ2) is 9.42. The summed E-state index contributed by atoms with van der Waals surface area (Å²) in [5.74, 6) is 0. The second-order valence-electron chi connectivity index (χ2n) is 9.79. The van der Waals surface area contributed by atoms with Crippen LogP contribution in [0, 0.1) is 5.41 Å². The highest BCUT2D eigenvalue weighted by atomic mass is 32.1. The van der Waals surface area contributed by atoms with Crippen LogP contribution in [0.25, 0.3) is 21.7 Å². The van der Waals surface area contributed by atoms with E-state index in [1.165, 1.54) is 6.07 Å². The number of hydrogen-bond acceptors (Lipinski definition) is 6. The first-order chi connectivity index (χ1) is 15.2. The quantitative estimate of drug-likeness (QED) is 0.476. The van der Waals surface area contributed by atoms with Gasteiger partial charge in [0, 0.05) is 43.5 Å². The summed E-state index contributed by atoms with van der Waals surface area (Å²) in [5.41, 5.74) is 6.47. The molecule has 6 nitrogen and oxygen atoms in total. The van der Waals surface area contributed by atoms with Crippen LogP contribution in [-0.2, 0) is 13.2 Å². The van der Waals surface area contributed by atoms with Crippen LogP contribution >= 0.6 is 11.3 Å². The van der Waals surface area contributed by atoms with E-state index in [0.29, 0.717) is 16.3 Å². The standard InChI is InChI=1S/C23H31F3N6S/c1-14(27)9-17(11-22(2,3)4)32(6)21-30-29-20(33-21)18-8-7-15(10-19(18)23(24,25)26)16-12-28-31(5)13-16/h7-8,10,12-14,17H,9,11,27H2,1-6H3. The third-order valence-corrected chi connectivity index (χ3v) is 6.40. The molecule has 0 fully saturated rings. The molecule has 2 atom stereocenters. The molecule has 0 saturated carbocycles. The Labute approximate surface area is 196 Å². The van der Waals surface area contributed by atoms with E-state index in [-0.39, 0.29) is 28.1 Å². The lowest BCUT2D eigenvalue weighted by Gasteiger charge is -2.33. The first kappa shape index (κ1) is 25.2. The predicted octanol–water partition coefficient (Wildman–Crippen LogP) is 5.60. The monoisotopic (exact) mass is 480 g/mol. The third kappa shape index (κ3) is 6.32. The van der Waals surface area contributed by atoms with Gasteiger partial charge in [-0.25, -0.2) is 0 Å². The van der Waals surface area contributed by atoms with Gasteiger partial charge in [-0.2, -0.15) is 18.3 Å². The van der Waals surface area contributed by atoms with Gasteiger partial charge in [-0.15, -0.1) is 10.2 Å². The van der Waals surface area contributed by atoms with E-state index in [1.54, 1.807) is 30.2 Å². The fraction of sp³-hybridized carbons (Fsp3) is 0.522. The SMILES string of the molecule is CC(N)CC(CC(C)(C)C)N(C)c1nnc(-c2ccc(-c3cnn(C)c3)cc2C(F)(F)F)s1. The Bertz CT molecular complexity index is 1080. The highest BCUT2D eigenvalue weighted by Gasteiger charge is 2.35. The molecule has 2 unspecified atom stereocenters. The van der Waals surface area contributed by atoms with Gasteiger partial charge in [0.05, 0.1) is 11.8 Å². The van der Waals surface area contributed by atoms with Crippen LogP contribution in [-0.4, -0.2) is 39.1 Å². The molecule has 0 aliphatic carbocycles. The maximum Gasteiger partial charge on any atom is 0.417 e. The molecule has 180 valence electrons. The molecule has 2 heterocycles. The van der Waals surface area contributed by atoms with Crippen molar-refractivity contribution in [3.05, 3.63) is 36.2 Å². The van der Waals surface area contributed by atoms with Crippen molar-refractivity contribution in [1.29, 1.82) is 0 Å². The van der Waals surface area contributed by atoms with Crippen molar-refractivity contribution in [3.63, 3.8) is 0 Å². The number of nitrogens with zero attached hydrogens (tertiary/aromatic N) is 5. The number of alkyl halides is 3. The lowest BCUT2D eigenvalue weighted by molar-refractivity contribution is -0.137. The highest BCUT2D eigenvalue weighted by Crippen LogP contribution is 2.41. The fourth-order valence-corrected chi connectivity index (χ4v) is 4.77. The fourth-order valence-electron chi connectivity index (χ4n) is 3.85. The Kier molecular flexibility index (Phi) is 7.18. The Morgan fingerprint density at radius 2 is 1.85 bits per heavy atom. The van der Waals surface area contributed by atoms with Gasteiger partial charge < -0.3 is 10.6 Å². The number of nitrogens with two attached hydrogens (primary N) is 1. The van der Waals surface area contributed by atoms with Crippen LogP contribution < -0.4 is 10.6 Å². The van der Waals surface area contributed by atoms with Crippen molar-refractivity contribution in [2.45, 2.75) is 58.8 Å². The minimum absolute atomic E-state index is 0.0101. The summed E-state index contributed by atoms with van der Waals surface area (Å²) in [6.07, 6.45) is 0.306. The lowest BCUT2D eigenvalue weighted by Crippen LogP contribution is -2.39. The van der Waals surface area contributed by atoms with Crippen LogP contribution in [0.4, 0.5) is 18.3 Å². The van der Waals surface area contributed by atoms with E-state index in [2.05, 4.69) is 36.1 Å². The van der Waals surface area contributed by atoms with Gasteiger partial charge in [0.15, 0.2) is 0 Å². The molecule has 2 aromatic heterocycles. The molecular weight excluding hydrogens is 449 g/mol. The molecule has 0 aliphatic heterocycles. The van der Waals surface area contributed by atoms with E-state index in [4.69, 9.17) is 5.73 Å². The first-order valence-corrected chi connectivity index (χ1v) is 11.6. The second-order valence-corrected chi connectivity index (χ2v) is 10.7. The molecule has 3 aromatic rings. The topological polar surface area (TPSA) is 72.9 Å². The van der Waals surface area contributed by atoms with E-state index >= 15 is 0 Å². The van der Waals surface area contributed by atoms with Gasteiger partial charge in [-0.05, 0) is 36.8 Å². The maximum atomic E-state index is 14.0. The van der Waals surface area contributed by atoms with Crippen molar-refractivity contribution in [2.24, 2.45) is 18.2 Å². The molecular formula is C23H31F3N6S. The van der Waals surface area contributed by atoms with Crippen molar-refractivity contribution in [2.75, 3.05) is 11.9 Å². The largest absolute Gasteiger partial charge is 0.417 e. The van der Waals surface area contributed by atoms with Gasteiger partial charge in [-0.3, -0.25) is 4.68 Å². The molecule has 2 N–H and O–H groups in total. The first-order valence-electron chi connectivity index (χ1n) is 10.8. The van der Waals surface area contributed by atoms with Crippen molar-refractivity contribution in [3.8, 4) is 21.7 Å². The number of aryl methyl sites for hydroxylation is 1. The minimum atomic E-state index is -4.53. The predicted molar refractivity (Wildman–Crippen MR) is 127 cm³/mol. The van der Waals surface area contributed by atoms with E-state index in [9.17, 15) is 13.2 Å². The number of rotatable bonds is 7. The van der Waals surface area contributed by atoms with Gasteiger partial charge in [0.2, 0.25) is 5.13 Å². The Morgan fingerprint density at radius 1 is 1.15 bits per heavy atom. The molecule has 1 aromatic carbocycles. The van der Waals surface area contributed by atoms with Crippen molar-refractivity contribution < 1.29 is 13.2 Å². The molecule has 0 saturated heterocycles. The number of aromatic nitrogens is 4. The molecule has 3 rings (SSSR count). The summed E-state index contributed by atoms with van der Waals surface area (Å²) in [6.45, 7) is 8.41. The zero-order valence-electron chi connectivity index (χ0n) is 19.8. The number of hydrogen-bond donors (Lipinski definition) is 1. The van der Waals surface area contributed by atoms with E-state index < -0.39 is 11.7 Å². The smallest absolute Gasteiger partial charge is 0.347 e. The van der Waals surface area contributed by atoms with Crippen LogP contribution in [0.3, 0.4) is 0 Å². The number of benzene rings is 1. The van der Waals surface area contributed by atoms with Crippen molar-refractivity contribution in [1.82, 2.24) is 20.0 Å². The third-order valence-electron chi connectivity index (χ3n) is 5.35. The Morgan fingerprint density at radius 3 is 2.39 bits per heavy atom. The van der Waals surface area contributed by atoms with Gasteiger partial charge in [0.25, 0.3) is 0 Å². The molecule has 0 spiro atoms. The van der Waals surface area contributed by atoms with Crippen molar-refractivity contribution >= 4 is 16.5 Å². The summed E-state index contributed by atoms with van der Waals surface area (Å²) in [4.78, 5) is 1.99. The van der Waals surface area contributed by atoms with E-state index in [0.717, 1.165) is 30.2 Å². The average Bonchev–Trinajstić information content (AvgIpc) is 3.33. The lowest BCUT2D eigenvalue weighted by atomic mass is 9.85. The summed E-state index contributed by atoms with van der Waals surface area (Å²) in [6, 6.07) is 4.36. The zero-order chi connectivity index (χ0) is 24.6. The zero-order valence-corrected chi connectivity index (χ0v) is 20.6. The summed E-state index contributed by atoms with van der Waals surface area (Å²) >= 11 is 1.16. The molecule has 33 heavy (non-hydrogen) atoms. The summed E-state index contributed by atoms with van der Waals surface area (Å²) < 4.78 is 43.5. The maximum absolute atomic E-state index is 14.0. The molecule has 10 heteroatoms. The molecule has 0 aliphatic rings. The summed E-state index contributed by atoms with van der Waals surface area (Å²) in [7, 11) is 3.62. The molecule has 0 amide bonds. The normalized spacial score (nSPS) is 14.4. The Balaban J connectivity index is 1.97. The van der Waals surface area contributed by atoms with Gasteiger partial charge in [-0.1, -0.05) is 44.2 Å². The highest BCUT2D eigenvalue weighted by molar-refractivity contribution is 7.18. The van der Waals surface area contributed by atoms with Crippen LogP contribution in [0.2, 0.25) is 0 Å². The molecule has 0 bridgehead atoms. The number of anilines is 1. The Hall–Kier alpha value is -2.46.